The van der Waals surface area contributed by atoms with E-state index >= 15 is 0 Å². The number of aromatic hydroxyl groups is 1. The molecule has 0 amide bonds. The molecule has 0 aliphatic heterocycles. The summed E-state index contributed by atoms with van der Waals surface area (Å²) in [5.41, 5.74) is 0.875. The number of benzene rings is 3. The van der Waals surface area contributed by atoms with E-state index in [1.54, 1.807) is 49.5 Å². The van der Waals surface area contributed by atoms with Gasteiger partial charge < -0.3 is 19.7 Å². The summed E-state index contributed by atoms with van der Waals surface area (Å²) in [6.07, 6.45) is -1.35. The average Bonchev–Trinajstić information content (AvgIpc) is 3.09. The minimum absolute atomic E-state index is 0.192. The molecular weight excluding hydrogens is 456 g/mol. The van der Waals surface area contributed by atoms with E-state index in [2.05, 4.69) is 0 Å². The van der Waals surface area contributed by atoms with Gasteiger partial charge in [0.15, 0.2) is 0 Å². The fourth-order valence-corrected chi connectivity index (χ4v) is 4.15. The highest BCUT2D eigenvalue weighted by atomic mass is 35.5. The number of ether oxygens (including phenoxy) is 2. The van der Waals surface area contributed by atoms with Gasteiger partial charge in [0.2, 0.25) is 5.88 Å². The van der Waals surface area contributed by atoms with Gasteiger partial charge in [-0.1, -0.05) is 41.9 Å². The SMILES string of the molecule is CCOc1c2ccccc2c(OCC(F)F)c2cn(-c3ccc(CC(=O)O)cc3Cl)c(O)c12. The van der Waals surface area contributed by atoms with Crippen LogP contribution in [0.15, 0.2) is 48.7 Å². The Bertz CT molecular complexity index is 1350. The summed E-state index contributed by atoms with van der Waals surface area (Å²) in [7, 11) is 0. The molecule has 0 atom stereocenters. The molecule has 0 saturated carbocycles. The topological polar surface area (TPSA) is 80.9 Å². The minimum atomic E-state index is -2.68. The number of hydrogen-bond acceptors (Lipinski definition) is 4. The van der Waals surface area contributed by atoms with E-state index in [-0.39, 0.29) is 23.1 Å². The van der Waals surface area contributed by atoms with Gasteiger partial charge in [-0.2, -0.15) is 0 Å². The normalized spacial score (nSPS) is 11.4. The van der Waals surface area contributed by atoms with E-state index in [4.69, 9.17) is 26.2 Å². The molecule has 2 N–H and O–H groups in total. The second-order valence-electron chi connectivity index (χ2n) is 7.31. The summed E-state index contributed by atoms with van der Waals surface area (Å²) in [4.78, 5) is 11.0. The second-order valence-corrected chi connectivity index (χ2v) is 7.71. The lowest BCUT2D eigenvalue weighted by molar-refractivity contribution is -0.136. The first kappa shape index (κ1) is 22.7. The Kier molecular flexibility index (Phi) is 6.29. The van der Waals surface area contributed by atoms with Crippen LogP contribution in [0.1, 0.15) is 12.5 Å². The van der Waals surface area contributed by atoms with Crippen molar-refractivity contribution in [3.8, 4) is 23.1 Å². The first-order valence-corrected chi connectivity index (χ1v) is 10.5. The lowest BCUT2D eigenvalue weighted by Gasteiger charge is -2.15. The van der Waals surface area contributed by atoms with E-state index < -0.39 is 19.0 Å². The molecule has 0 aliphatic carbocycles. The predicted molar refractivity (Wildman–Crippen MR) is 121 cm³/mol. The monoisotopic (exact) mass is 475 g/mol. The van der Waals surface area contributed by atoms with Crippen molar-refractivity contribution in [1.82, 2.24) is 4.57 Å². The summed E-state index contributed by atoms with van der Waals surface area (Å²) >= 11 is 6.41. The van der Waals surface area contributed by atoms with E-state index in [0.717, 1.165) is 0 Å². The lowest BCUT2D eigenvalue weighted by atomic mass is 10.0. The Morgan fingerprint density at radius 1 is 1.09 bits per heavy atom. The molecule has 0 unspecified atom stereocenters. The van der Waals surface area contributed by atoms with Crippen molar-refractivity contribution in [2.45, 2.75) is 19.8 Å². The fourth-order valence-electron chi connectivity index (χ4n) is 3.86. The molecule has 0 fully saturated rings. The number of carboxylic acid groups (broad SMARTS) is 1. The van der Waals surface area contributed by atoms with E-state index in [1.807, 2.05) is 0 Å². The summed E-state index contributed by atoms with van der Waals surface area (Å²) < 4.78 is 38.7. The number of rotatable bonds is 8. The van der Waals surface area contributed by atoms with Gasteiger partial charge in [-0.05, 0) is 24.6 Å². The Balaban J connectivity index is 2.00. The first-order valence-electron chi connectivity index (χ1n) is 10.1. The molecule has 0 saturated heterocycles. The molecule has 33 heavy (non-hydrogen) atoms. The molecule has 1 heterocycles. The zero-order valence-electron chi connectivity index (χ0n) is 17.5. The van der Waals surface area contributed by atoms with Gasteiger partial charge in [0.25, 0.3) is 6.43 Å². The van der Waals surface area contributed by atoms with Crippen LogP contribution in [0.4, 0.5) is 8.78 Å². The largest absolute Gasteiger partial charge is 0.494 e. The number of fused-ring (bicyclic) bond motifs is 2. The Morgan fingerprint density at radius 3 is 2.39 bits per heavy atom. The van der Waals surface area contributed by atoms with Crippen molar-refractivity contribution >= 4 is 39.1 Å². The quantitative estimate of drug-likeness (QED) is 0.336. The second kappa shape index (κ2) is 9.15. The smallest absolute Gasteiger partial charge is 0.307 e. The number of carbonyl (C=O) groups is 1. The van der Waals surface area contributed by atoms with Crippen LogP contribution < -0.4 is 9.47 Å². The van der Waals surface area contributed by atoms with E-state index in [0.29, 0.717) is 45.2 Å². The third-order valence-corrected chi connectivity index (χ3v) is 5.44. The number of hydrogen-bond donors (Lipinski definition) is 2. The van der Waals surface area contributed by atoms with Crippen LogP contribution in [0.5, 0.6) is 17.4 Å². The average molecular weight is 476 g/mol. The molecular formula is C24H20ClF2NO5. The molecule has 6 nitrogen and oxygen atoms in total. The van der Waals surface area contributed by atoms with Crippen molar-refractivity contribution in [2.24, 2.45) is 0 Å². The summed E-state index contributed by atoms with van der Waals surface area (Å²) in [5, 5.41) is 22.2. The number of nitrogens with zero attached hydrogens (tertiary/aromatic N) is 1. The van der Waals surface area contributed by atoms with Crippen LogP contribution in [-0.4, -0.2) is 40.4 Å². The van der Waals surface area contributed by atoms with Gasteiger partial charge in [0.1, 0.15) is 18.1 Å². The predicted octanol–water partition coefficient (Wildman–Crippen LogP) is 5.81. The molecule has 0 aliphatic rings. The van der Waals surface area contributed by atoms with Gasteiger partial charge >= 0.3 is 5.97 Å². The van der Waals surface area contributed by atoms with Crippen LogP contribution >= 0.6 is 11.6 Å². The maximum atomic E-state index is 13.0. The molecule has 4 rings (SSSR count). The summed E-state index contributed by atoms with van der Waals surface area (Å²) in [6.45, 7) is 1.29. The highest BCUT2D eigenvalue weighted by Gasteiger charge is 2.24. The standard InChI is InChI=1S/C24H20ClF2NO5/c1-2-32-23-15-6-4-3-5-14(15)22(33-12-19(26)27)16-11-28(24(31)21(16)23)18-8-7-13(9-17(18)25)10-20(29)30/h3-9,11,19,31H,2,10,12H2,1H3,(H,29,30). The van der Waals surface area contributed by atoms with E-state index in [9.17, 15) is 18.7 Å². The fraction of sp³-hybridized carbons (Fsp3) is 0.208. The Morgan fingerprint density at radius 2 is 1.79 bits per heavy atom. The van der Waals surface area contributed by atoms with Crippen LogP contribution in [0.25, 0.3) is 27.2 Å². The first-order chi connectivity index (χ1) is 15.8. The molecule has 3 aromatic carbocycles. The molecule has 4 aromatic rings. The Hall–Kier alpha value is -3.52. The number of aromatic nitrogens is 1. The van der Waals surface area contributed by atoms with Crippen molar-refractivity contribution in [2.75, 3.05) is 13.2 Å². The van der Waals surface area contributed by atoms with Crippen molar-refractivity contribution < 1.29 is 33.3 Å². The van der Waals surface area contributed by atoms with Crippen LogP contribution in [0.2, 0.25) is 5.02 Å². The molecule has 0 spiro atoms. The van der Waals surface area contributed by atoms with Crippen LogP contribution in [0, 0.1) is 0 Å². The van der Waals surface area contributed by atoms with Gasteiger partial charge in [-0.15, -0.1) is 0 Å². The molecule has 0 bridgehead atoms. The molecule has 1 aromatic heterocycles. The highest BCUT2D eigenvalue weighted by Crippen LogP contribution is 2.48. The van der Waals surface area contributed by atoms with Crippen molar-refractivity contribution in [1.29, 1.82) is 0 Å². The minimum Gasteiger partial charge on any atom is -0.494 e. The number of alkyl halides is 2. The number of aliphatic carboxylic acids is 1. The number of carboxylic acids is 1. The van der Waals surface area contributed by atoms with Gasteiger partial charge in [0.05, 0.1) is 34.5 Å². The molecule has 172 valence electrons. The maximum absolute atomic E-state index is 13.0. The van der Waals surface area contributed by atoms with Gasteiger partial charge in [-0.25, -0.2) is 8.78 Å². The highest BCUT2D eigenvalue weighted by molar-refractivity contribution is 6.32. The van der Waals surface area contributed by atoms with Crippen LogP contribution in [-0.2, 0) is 11.2 Å². The van der Waals surface area contributed by atoms with Crippen molar-refractivity contribution in [3.05, 3.63) is 59.2 Å². The zero-order chi connectivity index (χ0) is 23.7. The third kappa shape index (κ3) is 4.26. The van der Waals surface area contributed by atoms with Gasteiger partial charge in [-0.3, -0.25) is 9.36 Å². The zero-order valence-corrected chi connectivity index (χ0v) is 18.3. The third-order valence-electron chi connectivity index (χ3n) is 5.14. The molecule has 0 radical (unpaired) electrons. The maximum Gasteiger partial charge on any atom is 0.307 e. The summed E-state index contributed by atoms with van der Waals surface area (Å²) in [6, 6.07) is 11.7. The molecule has 9 heteroatoms. The Labute approximate surface area is 192 Å². The summed E-state index contributed by atoms with van der Waals surface area (Å²) in [5.74, 6) is -0.629. The van der Waals surface area contributed by atoms with Crippen molar-refractivity contribution in [3.63, 3.8) is 0 Å². The van der Waals surface area contributed by atoms with Crippen LogP contribution in [0.3, 0.4) is 0 Å². The van der Waals surface area contributed by atoms with Gasteiger partial charge in [0, 0.05) is 17.0 Å². The number of halogens is 3. The lowest BCUT2D eigenvalue weighted by Crippen LogP contribution is -2.07. The van der Waals surface area contributed by atoms with E-state index in [1.165, 1.54) is 10.6 Å².